The van der Waals surface area contributed by atoms with Gasteiger partial charge in [0.2, 0.25) is 10.0 Å². The molecule has 2 aromatic carbocycles. The minimum Gasteiger partial charge on any atom is -0.357 e. The Morgan fingerprint density at radius 3 is 2.07 bits per heavy atom. The van der Waals surface area contributed by atoms with Crippen molar-refractivity contribution in [2.45, 2.75) is 51.0 Å². The van der Waals surface area contributed by atoms with Gasteiger partial charge in [0.1, 0.15) is 0 Å². The molecular weight excluding hydrogens is 384 g/mol. The molecule has 0 saturated carbocycles. The zero-order chi connectivity index (χ0) is 21.5. The van der Waals surface area contributed by atoms with Crippen LogP contribution >= 0.6 is 0 Å². The lowest BCUT2D eigenvalue weighted by molar-refractivity contribution is 0.508. The fourth-order valence-corrected chi connectivity index (χ4v) is 3.41. The molecule has 2 aromatic rings. The first-order chi connectivity index (χ1) is 13.7. The molecule has 2 rings (SSSR count). The molecule has 0 bridgehead atoms. The molecule has 0 aliphatic carbocycles. The highest BCUT2D eigenvalue weighted by Gasteiger charge is 2.20. The average Bonchev–Trinajstić information content (AvgIpc) is 2.70. The molecule has 0 radical (unpaired) electrons. The van der Waals surface area contributed by atoms with E-state index in [1.807, 2.05) is 6.92 Å². The summed E-state index contributed by atoms with van der Waals surface area (Å²) in [6.07, 6.45) is 1.04. The molecular formula is C22H32N4O2S. The fourth-order valence-electron chi connectivity index (χ4n) is 2.90. The van der Waals surface area contributed by atoms with Gasteiger partial charge in [0.15, 0.2) is 5.96 Å². The van der Waals surface area contributed by atoms with Crippen molar-refractivity contribution in [2.75, 3.05) is 13.1 Å². The Balaban J connectivity index is 2.04. The number of aliphatic imine (C=N–C) groups is 1. The largest absolute Gasteiger partial charge is 0.357 e. The molecule has 0 aliphatic heterocycles. The van der Waals surface area contributed by atoms with Gasteiger partial charge in [0, 0.05) is 18.5 Å². The van der Waals surface area contributed by atoms with E-state index < -0.39 is 10.0 Å². The number of nitrogens with one attached hydrogen (secondary N) is 2. The maximum Gasteiger partial charge on any atom is 0.238 e. The fraction of sp³-hybridized carbons (Fsp3) is 0.409. The van der Waals surface area contributed by atoms with Crippen LogP contribution in [-0.2, 0) is 28.4 Å². The Bertz CT molecular complexity index is 918. The van der Waals surface area contributed by atoms with E-state index in [-0.39, 0.29) is 10.3 Å². The minimum absolute atomic E-state index is 0.0560. The van der Waals surface area contributed by atoms with Crippen molar-refractivity contribution in [3.8, 4) is 0 Å². The first-order valence-corrected chi connectivity index (χ1v) is 11.4. The number of aryl methyl sites for hydroxylation is 1. The van der Waals surface area contributed by atoms with Crippen molar-refractivity contribution >= 4 is 16.0 Å². The van der Waals surface area contributed by atoms with E-state index in [4.69, 9.17) is 5.14 Å². The van der Waals surface area contributed by atoms with E-state index in [1.165, 1.54) is 23.3 Å². The lowest BCUT2D eigenvalue weighted by atomic mass is 9.84. The van der Waals surface area contributed by atoms with Gasteiger partial charge in [0.25, 0.3) is 0 Å². The molecule has 0 aliphatic rings. The zero-order valence-corrected chi connectivity index (χ0v) is 18.5. The van der Waals surface area contributed by atoms with Crippen molar-refractivity contribution in [1.82, 2.24) is 10.6 Å². The smallest absolute Gasteiger partial charge is 0.238 e. The predicted octanol–water partition coefficient (Wildman–Crippen LogP) is 2.93. The number of hydrogen-bond donors (Lipinski definition) is 3. The molecule has 0 saturated heterocycles. The second kappa shape index (κ2) is 9.89. The number of guanidine groups is 1. The third-order valence-electron chi connectivity index (χ3n) is 4.86. The number of sulfonamides is 1. The molecule has 7 heteroatoms. The molecule has 0 fully saturated rings. The quantitative estimate of drug-likeness (QED) is 0.455. The zero-order valence-electron chi connectivity index (χ0n) is 17.7. The molecule has 4 N–H and O–H groups in total. The molecule has 0 unspecified atom stereocenters. The number of nitrogens with two attached hydrogens (primary N) is 1. The number of nitrogens with zero attached hydrogens (tertiary/aromatic N) is 1. The van der Waals surface area contributed by atoms with Crippen LogP contribution in [0.2, 0.25) is 0 Å². The highest BCUT2D eigenvalue weighted by Crippen LogP contribution is 2.22. The lowest BCUT2D eigenvalue weighted by Crippen LogP contribution is -2.43. The standard InChI is InChI=1S/C22H32N4O2S/c1-5-17-7-11-19(12-8-17)22(3,4)16-26-21(24-6-2)25-15-18-9-13-20(14-10-18)29(23,27)28/h7-14H,5-6,15-16H2,1-4H3,(H2,23,27,28)(H2,24,25,26). The van der Waals surface area contributed by atoms with E-state index in [2.05, 4.69) is 60.7 Å². The molecule has 0 heterocycles. The van der Waals surface area contributed by atoms with Gasteiger partial charge in [-0.25, -0.2) is 18.5 Å². The summed E-state index contributed by atoms with van der Waals surface area (Å²) in [7, 11) is -3.68. The summed E-state index contributed by atoms with van der Waals surface area (Å²) in [5.41, 5.74) is 3.46. The highest BCUT2D eigenvalue weighted by atomic mass is 32.2. The van der Waals surface area contributed by atoms with Gasteiger partial charge < -0.3 is 10.6 Å². The van der Waals surface area contributed by atoms with Crippen molar-refractivity contribution < 1.29 is 8.42 Å². The Kier molecular flexibility index (Phi) is 7.81. The van der Waals surface area contributed by atoms with E-state index in [0.29, 0.717) is 6.54 Å². The first kappa shape index (κ1) is 22.9. The summed E-state index contributed by atoms with van der Waals surface area (Å²) in [5, 5.41) is 11.8. The Labute approximate surface area is 174 Å². The summed E-state index contributed by atoms with van der Waals surface area (Å²) in [5.74, 6) is 0.723. The summed E-state index contributed by atoms with van der Waals surface area (Å²) >= 11 is 0. The summed E-state index contributed by atoms with van der Waals surface area (Å²) in [4.78, 5) is 4.72. The van der Waals surface area contributed by atoms with Crippen LogP contribution in [0.4, 0.5) is 0 Å². The van der Waals surface area contributed by atoms with Crippen molar-refractivity contribution in [1.29, 1.82) is 0 Å². The van der Waals surface area contributed by atoms with Crippen LogP contribution in [0.5, 0.6) is 0 Å². The Hall–Kier alpha value is -2.38. The van der Waals surface area contributed by atoms with Crippen LogP contribution in [0, 0.1) is 0 Å². The SMILES string of the molecule is CCNC(=NCc1ccc(S(N)(=O)=O)cc1)NCC(C)(C)c1ccc(CC)cc1. The van der Waals surface area contributed by atoms with E-state index >= 15 is 0 Å². The molecule has 0 atom stereocenters. The first-order valence-electron chi connectivity index (χ1n) is 9.89. The molecule has 158 valence electrons. The molecule has 0 aromatic heterocycles. The maximum atomic E-state index is 11.4. The van der Waals surface area contributed by atoms with Gasteiger partial charge in [0.05, 0.1) is 11.4 Å². The van der Waals surface area contributed by atoms with Gasteiger partial charge in [-0.15, -0.1) is 0 Å². The number of hydrogen-bond acceptors (Lipinski definition) is 3. The summed E-state index contributed by atoms with van der Waals surface area (Å²) in [6.45, 7) is 10.5. The number of benzene rings is 2. The van der Waals surface area contributed by atoms with Crippen molar-refractivity contribution in [3.63, 3.8) is 0 Å². The molecule has 0 spiro atoms. The topological polar surface area (TPSA) is 96.6 Å². The molecule has 0 amide bonds. The van der Waals surface area contributed by atoms with E-state index in [0.717, 1.165) is 31.0 Å². The monoisotopic (exact) mass is 416 g/mol. The van der Waals surface area contributed by atoms with E-state index in [1.54, 1.807) is 12.1 Å². The minimum atomic E-state index is -3.68. The molecule has 29 heavy (non-hydrogen) atoms. The van der Waals surface area contributed by atoms with Crippen LogP contribution in [0.25, 0.3) is 0 Å². The maximum absolute atomic E-state index is 11.4. The van der Waals surface area contributed by atoms with Gasteiger partial charge in [-0.3, -0.25) is 0 Å². The van der Waals surface area contributed by atoms with Crippen molar-refractivity contribution in [2.24, 2.45) is 10.1 Å². The number of rotatable bonds is 8. The predicted molar refractivity (Wildman–Crippen MR) is 119 cm³/mol. The summed E-state index contributed by atoms with van der Waals surface area (Å²) < 4.78 is 22.7. The van der Waals surface area contributed by atoms with Gasteiger partial charge in [-0.05, 0) is 42.2 Å². The van der Waals surface area contributed by atoms with Gasteiger partial charge in [-0.1, -0.05) is 57.2 Å². The van der Waals surface area contributed by atoms with Crippen LogP contribution in [0.3, 0.4) is 0 Å². The third kappa shape index (κ3) is 6.87. The van der Waals surface area contributed by atoms with Crippen LogP contribution in [0.1, 0.15) is 44.4 Å². The normalized spacial score (nSPS) is 12.7. The van der Waals surface area contributed by atoms with Gasteiger partial charge >= 0.3 is 0 Å². The molecule has 6 nitrogen and oxygen atoms in total. The summed E-state index contributed by atoms with van der Waals surface area (Å²) in [6, 6.07) is 15.2. The second-order valence-corrected chi connectivity index (χ2v) is 9.23. The highest BCUT2D eigenvalue weighted by molar-refractivity contribution is 7.89. The Morgan fingerprint density at radius 2 is 1.55 bits per heavy atom. The van der Waals surface area contributed by atoms with Crippen LogP contribution in [0.15, 0.2) is 58.4 Å². The average molecular weight is 417 g/mol. The van der Waals surface area contributed by atoms with Crippen LogP contribution < -0.4 is 15.8 Å². The van der Waals surface area contributed by atoms with Crippen LogP contribution in [-0.4, -0.2) is 27.5 Å². The van der Waals surface area contributed by atoms with Crippen molar-refractivity contribution in [3.05, 3.63) is 65.2 Å². The van der Waals surface area contributed by atoms with Gasteiger partial charge in [-0.2, -0.15) is 0 Å². The second-order valence-electron chi connectivity index (χ2n) is 7.67. The van der Waals surface area contributed by atoms with E-state index in [9.17, 15) is 8.42 Å². The third-order valence-corrected chi connectivity index (χ3v) is 5.79. The Morgan fingerprint density at radius 1 is 0.966 bits per heavy atom. The number of primary sulfonamides is 1. The lowest BCUT2D eigenvalue weighted by Gasteiger charge is -2.27.